The molecule has 1 rings (SSSR count). The molecule has 3 N–H and O–H groups in total. The summed E-state index contributed by atoms with van der Waals surface area (Å²) in [6, 6.07) is 10.1. The molecular weight excluding hydrogens is 264 g/mol. The van der Waals surface area contributed by atoms with Gasteiger partial charge in [-0.15, -0.1) is 5.73 Å². The van der Waals surface area contributed by atoms with E-state index in [4.69, 9.17) is 5.21 Å². The number of hydroxylamine groups is 1. The van der Waals surface area contributed by atoms with Gasteiger partial charge in [-0.25, -0.2) is 5.48 Å². The van der Waals surface area contributed by atoms with E-state index in [1.54, 1.807) is 5.48 Å². The second-order valence-corrected chi connectivity index (χ2v) is 4.51. The Hall–Kier alpha value is -2.03. The van der Waals surface area contributed by atoms with Crippen LogP contribution in [0.5, 0.6) is 0 Å². The maximum atomic E-state index is 10.6. The Bertz CT molecular complexity index is 412. The molecule has 4 nitrogen and oxygen atoms in total. The standard InChI is InChI=1S/C10H17NO2.C7H9N/c1-2-3-4-5-6-7-8-9-10(12)11-13;1-8-7-5-3-2-4-6-7/h3,13H,1,4-9H2,(H,11,12);2-6,8H,1H3. The molecule has 0 aliphatic carbocycles. The van der Waals surface area contributed by atoms with E-state index in [0.717, 1.165) is 37.8 Å². The molecule has 0 fully saturated rings. The zero-order valence-corrected chi connectivity index (χ0v) is 12.8. The van der Waals surface area contributed by atoms with Crippen LogP contribution >= 0.6 is 0 Å². The summed E-state index contributed by atoms with van der Waals surface area (Å²) in [6.07, 6.45) is 7.42. The van der Waals surface area contributed by atoms with Gasteiger partial charge in [0.15, 0.2) is 0 Å². The largest absolute Gasteiger partial charge is 0.388 e. The maximum absolute atomic E-state index is 10.6. The fourth-order valence-corrected chi connectivity index (χ4v) is 1.65. The van der Waals surface area contributed by atoms with Gasteiger partial charge in [-0.05, 0) is 37.5 Å². The summed E-state index contributed by atoms with van der Waals surface area (Å²) in [7, 11) is 1.91. The lowest BCUT2D eigenvalue weighted by Crippen LogP contribution is -2.17. The van der Waals surface area contributed by atoms with Crippen molar-refractivity contribution in [1.82, 2.24) is 5.48 Å². The van der Waals surface area contributed by atoms with Crippen molar-refractivity contribution in [2.75, 3.05) is 12.4 Å². The van der Waals surface area contributed by atoms with E-state index < -0.39 is 0 Å². The van der Waals surface area contributed by atoms with Gasteiger partial charge in [0.05, 0.1) is 0 Å². The summed E-state index contributed by atoms with van der Waals surface area (Å²) in [5, 5.41) is 11.2. The minimum Gasteiger partial charge on any atom is -0.388 e. The van der Waals surface area contributed by atoms with Gasteiger partial charge in [-0.3, -0.25) is 10.0 Å². The highest BCUT2D eigenvalue weighted by Crippen LogP contribution is 2.05. The molecule has 0 atom stereocenters. The first-order chi connectivity index (χ1) is 10.2. The summed E-state index contributed by atoms with van der Waals surface area (Å²) in [6.45, 7) is 3.47. The van der Waals surface area contributed by atoms with Gasteiger partial charge in [0.1, 0.15) is 0 Å². The van der Waals surface area contributed by atoms with Crippen molar-refractivity contribution in [2.24, 2.45) is 0 Å². The summed E-state index contributed by atoms with van der Waals surface area (Å²) >= 11 is 0. The molecule has 1 aromatic carbocycles. The van der Waals surface area contributed by atoms with Crippen LogP contribution in [-0.4, -0.2) is 18.2 Å². The number of rotatable bonds is 8. The van der Waals surface area contributed by atoms with Crippen molar-refractivity contribution in [3.05, 3.63) is 48.7 Å². The van der Waals surface area contributed by atoms with Crippen LogP contribution < -0.4 is 10.8 Å². The second-order valence-electron chi connectivity index (χ2n) is 4.51. The third-order valence-corrected chi connectivity index (χ3v) is 2.83. The Labute approximate surface area is 127 Å². The molecule has 0 radical (unpaired) electrons. The monoisotopic (exact) mass is 290 g/mol. The molecule has 0 heterocycles. The van der Waals surface area contributed by atoms with Crippen molar-refractivity contribution in [3.8, 4) is 0 Å². The van der Waals surface area contributed by atoms with Gasteiger partial charge in [-0.1, -0.05) is 37.6 Å². The Morgan fingerprint density at radius 2 is 1.90 bits per heavy atom. The molecule has 1 aromatic rings. The topological polar surface area (TPSA) is 61.4 Å². The van der Waals surface area contributed by atoms with Crippen molar-refractivity contribution in [2.45, 2.75) is 38.5 Å². The van der Waals surface area contributed by atoms with Crippen LogP contribution in [0.25, 0.3) is 0 Å². The quantitative estimate of drug-likeness (QED) is 0.294. The lowest BCUT2D eigenvalue weighted by atomic mass is 10.1. The molecule has 1 amide bonds. The predicted molar refractivity (Wildman–Crippen MR) is 87.3 cm³/mol. The summed E-state index contributed by atoms with van der Waals surface area (Å²) in [5.41, 5.74) is 5.49. The van der Waals surface area contributed by atoms with Crippen molar-refractivity contribution >= 4 is 11.6 Å². The molecule has 0 aromatic heterocycles. The number of benzene rings is 1. The fraction of sp³-hybridized carbons (Fsp3) is 0.412. The van der Waals surface area contributed by atoms with Gasteiger partial charge in [-0.2, -0.15) is 0 Å². The molecule has 0 unspecified atom stereocenters. The smallest absolute Gasteiger partial charge is 0.243 e. The summed E-state index contributed by atoms with van der Waals surface area (Å²) in [5.74, 6) is -0.300. The second kappa shape index (κ2) is 14.4. The third-order valence-electron chi connectivity index (χ3n) is 2.83. The Balaban J connectivity index is 0.000000423. The van der Waals surface area contributed by atoms with E-state index in [9.17, 15) is 4.79 Å². The molecule has 21 heavy (non-hydrogen) atoms. The zero-order valence-electron chi connectivity index (χ0n) is 12.8. The minimum absolute atomic E-state index is 0.300. The molecule has 116 valence electrons. The van der Waals surface area contributed by atoms with Crippen molar-refractivity contribution in [1.29, 1.82) is 0 Å². The van der Waals surface area contributed by atoms with Gasteiger partial charge < -0.3 is 5.32 Å². The first kappa shape index (κ1) is 19.0. The van der Waals surface area contributed by atoms with Crippen LogP contribution in [0.2, 0.25) is 0 Å². The van der Waals surface area contributed by atoms with Gasteiger partial charge in [0, 0.05) is 19.2 Å². The summed E-state index contributed by atoms with van der Waals surface area (Å²) < 4.78 is 0. The van der Waals surface area contributed by atoms with E-state index in [1.165, 1.54) is 0 Å². The fourth-order valence-electron chi connectivity index (χ4n) is 1.65. The van der Waals surface area contributed by atoms with Crippen molar-refractivity contribution in [3.63, 3.8) is 0 Å². The predicted octanol–water partition coefficient (Wildman–Crippen LogP) is 3.90. The van der Waals surface area contributed by atoms with E-state index >= 15 is 0 Å². The molecule has 0 spiro atoms. The first-order valence-corrected chi connectivity index (χ1v) is 7.24. The highest BCUT2D eigenvalue weighted by atomic mass is 16.5. The van der Waals surface area contributed by atoms with Crippen LogP contribution in [0.3, 0.4) is 0 Å². The highest BCUT2D eigenvalue weighted by Gasteiger charge is 1.97. The lowest BCUT2D eigenvalue weighted by Gasteiger charge is -1.98. The average Bonchev–Trinajstić information content (AvgIpc) is 2.55. The zero-order chi connectivity index (χ0) is 15.8. The van der Waals surface area contributed by atoms with Crippen LogP contribution in [-0.2, 0) is 4.79 Å². The molecule has 0 aliphatic heterocycles. The van der Waals surface area contributed by atoms with E-state index in [-0.39, 0.29) is 5.91 Å². The Morgan fingerprint density at radius 1 is 1.24 bits per heavy atom. The van der Waals surface area contributed by atoms with Crippen molar-refractivity contribution < 1.29 is 10.0 Å². The number of hydrogen-bond donors (Lipinski definition) is 3. The van der Waals surface area contributed by atoms with E-state index in [2.05, 4.69) is 17.6 Å². The average molecular weight is 290 g/mol. The van der Waals surface area contributed by atoms with Crippen LogP contribution in [0.1, 0.15) is 38.5 Å². The SMILES string of the molecule is C=C=CCCCCCCC(=O)NO.CNc1ccccc1. The number of hydrogen-bond acceptors (Lipinski definition) is 3. The maximum Gasteiger partial charge on any atom is 0.243 e. The van der Waals surface area contributed by atoms with Crippen LogP contribution in [0.4, 0.5) is 5.69 Å². The molecule has 0 saturated carbocycles. The van der Waals surface area contributed by atoms with Crippen LogP contribution in [0.15, 0.2) is 48.7 Å². The molecule has 0 saturated heterocycles. The molecular formula is C17H26N2O2. The molecule has 0 aliphatic rings. The number of amides is 1. The molecule has 0 bridgehead atoms. The Kier molecular flexibility index (Phi) is 13.0. The van der Waals surface area contributed by atoms with Gasteiger partial charge in [0.2, 0.25) is 5.91 Å². The number of allylic oxidation sites excluding steroid dienone is 1. The lowest BCUT2D eigenvalue weighted by molar-refractivity contribution is -0.129. The highest BCUT2D eigenvalue weighted by molar-refractivity contribution is 5.74. The van der Waals surface area contributed by atoms with Gasteiger partial charge >= 0.3 is 0 Å². The van der Waals surface area contributed by atoms with Gasteiger partial charge in [0.25, 0.3) is 0 Å². The normalized spacial score (nSPS) is 8.86. The van der Waals surface area contributed by atoms with Crippen LogP contribution in [0, 0.1) is 0 Å². The first-order valence-electron chi connectivity index (χ1n) is 7.24. The number of unbranched alkanes of at least 4 members (excludes halogenated alkanes) is 4. The van der Waals surface area contributed by atoms with E-state index in [1.807, 2.05) is 43.5 Å². The number of anilines is 1. The Morgan fingerprint density at radius 3 is 2.43 bits per heavy atom. The number of nitrogens with one attached hydrogen (secondary N) is 2. The number of carbonyl (C=O) groups is 1. The third kappa shape index (κ3) is 12.7. The minimum atomic E-state index is -0.300. The number of para-hydroxylation sites is 1. The molecule has 4 heteroatoms. The van der Waals surface area contributed by atoms with E-state index in [0.29, 0.717) is 6.42 Å². The number of carbonyl (C=O) groups excluding carboxylic acids is 1. The summed E-state index contributed by atoms with van der Waals surface area (Å²) in [4.78, 5) is 10.6.